The monoisotopic (exact) mass is 474 g/mol. The van der Waals surface area contributed by atoms with E-state index in [1.165, 1.54) is 0 Å². The molecule has 34 heavy (non-hydrogen) atoms. The highest BCUT2D eigenvalue weighted by molar-refractivity contribution is 7.15. The van der Waals surface area contributed by atoms with E-state index in [1.807, 2.05) is 76.4 Å². The third kappa shape index (κ3) is 6.72. The van der Waals surface area contributed by atoms with Crippen molar-refractivity contribution in [2.24, 2.45) is 0 Å². The summed E-state index contributed by atoms with van der Waals surface area (Å²) in [6, 6.07) is 9.99. The van der Waals surface area contributed by atoms with E-state index in [9.17, 15) is 0 Å². The first-order chi connectivity index (χ1) is 16.5. The van der Waals surface area contributed by atoms with Crippen LogP contribution in [0.5, 0.6) is 5.75 Å². The fourth-order valence-corrected chi connectivity index (χ4v) is 4.27. The average Bonchev–Trinajstić information content (AvgIpc) is 3.36. The maximum Gasteiger partial charge on any atom is 0.125 e. The highest BCUT2D eigenvalue weighted by Gasteiger charge is 2.26. The molecule has 5 nitrogen and oxygen atoms in total. The number of hydrogen-bond acceptors (Lipinski definition) is 6. The summed E-state index contributed by atoms with van der Waals surface area (Å²) in [5, 5.41) is 4.46. The lowest BCUT2D eigenvalue weighted by atomic mass is 9.90. The van der Waals surface area contributed by atoms with Gasteiger partial charge < -0.3 is 15.0 Å². The van der Waals surface area contributed by atoms with E-state index < -0.39 is 0 Å². The number of methoxy groups -OCH3 is 1. The lowest BCUT2D eigenvalue weighted by molar-refractivity contribution is 0.412. The van der Waals surface area contributed by atoms with Crippen LogP contribution in [0.25, 0.3) is 10.6 Å². The Balaban J connectivity index is 0.00000199. The predicted octanol–water partition coefficient (Wildman–Crippen LogP) is 6.24. The molecule has 0 aliphatic carbocycles. The van der Waals surface area contributed by atoms with Gasteiger partial charge in [-0.2, -0.15) is 0 Å². The van der Waals surface area contributed by atoms with Crippen LogP contribution < -0.4 is 10.1 Å². The quantitative estimate of drug-likeness (QED) is 0.294. The molecule has 0 aliphatic heterocycles. The van der Waals surface area contributed by atoms with E-state index in [0.717, 1.165) is 38.1 Å². The molecule has 0 saturated heterocycles. The Morgan fingerprint density at radius 2 is 1.88 bits per heavy atom. The average molecular weight is 475 g/mol. The number of nitrogens with zero attached hydrogens (tertiary/aromatic N) is 3. The van der Waals surface area contributed by atoms with Crippen molar-refractivity contribution in [3.63, 3.8) is 0 Å². The summed E-state index contributed by atoms with van der Waals surface area (Å²) in [6.45, 7) is 14.1. The minimum Gasteiger partial charge on any atom is -0.497 e. The van der Waals surface area contributed by atoms with Gasteiger partial charge in [-0.1, -0.05) is 44.6 Å². The summed E-state index contributed by atoms with van der Waals surface area (Å²) in [6.07, 6.45) is 7.45. The van der Waals surface area contributed by atoms with Crippen LogP contribution in [0.15, 0.2) is 74.0 Å². The molecule has 1 aromatic carbocycles. The van der Waals surface area contributed by atoms with Gasteiger partial charge in [-0.15, -0.1) is 23.8 Å². The lowest BCUT2D eigenvalue weighted by Crippen LogP contribution is -2.31. The van der Waals surface area contributed by atoms with Crippen molar-refractivity contribution in [3.05, 3.63) is 90.0 Å². The number of thiazole rings is 1. The topological polar surface area (TPSA) is 50.3 Å². The van der Waals surface area contributed by atoms with Crippen LogP contribution in [0.3, 0.4) is 0 Å². The molecule has 0 aliphatic rings. The fraction of sp³-hybridized carbons (Fsp3) is 0.286. The van der Waals surface area contributed by atoms with Crippen LogP contribution in [0.1, 0.15) is 48.7 Å². The number of rotatable bonds is 9. The molecule has 6 heteroatoms. The lowest BCUT2D eigenvalue weighted by Gasteiger charge is -2.29. The third-order valence-electron chi connectivity index (χ3n) is 5.06. The first kappa shape index (κ1) is 26.7. The van der Waals surface area contributed by atoms with Gasteiger partial charge >= 0.3 is 0 Å². The second-order valence-electron chi connectivity index (χ2n) is 7.40. The maximum absolute atomic E-state index is 5.32. The van der Waals surface area contributed by atoms with Gasteiger partial charge in [0.2, 0.25) is 0 Å². The first-order valence-corrected chi connectivity index (χ1v) is 12.0. The molecular formula is C28H34N4OS. The van der Waals surface area contributed by atoms with Crippen LogP contribution in [0.4, 0.5) is 0 Å². The Morgan fingerprint density at radius 1 is 1.18 bits per heavy atom. The van der Waals surface area contributed by atoms with Crippen LogP contribution >= 0.6 is 11.3 Å². The van der Waals surface area contributed by atoms with Gasteiger partial charge in [-0.3, -0.25) is 4.98 Å². The highest BCUT2D eigenvalue weighted by Crippen LogP contribution is 2.38. The zero-order valence-electron chi connectivity index (χ0n) is 20.9. The van der Waals surface area contributed by atoms with Gasteiger partial charge in [-0.25, -0.2) is 4.98 Å². The molecular weight excluding hydrogens is 440 g/mol. The molecule has 2 aromatic heterocycles. The largest absolute Gasteiger partial charge is 0.497 e. The van der Waals surface area contributed by atoms with Gasteiger partial charge in [0.1, 0.15) is 10.8 Å². The number of nitrogens with one attached hydrogen (secondary N) is 1. The van der Waals surface area contributed by atoms with E-state index in [-0.39, 0.29) is 12.0 Å². The first-order valence-electron chi connectivity index (χ1n) is 11.2. The second-order valence-corrected chi connectivity index (χ2v) is 8.47. The molecule has 0 fully saturated rings. The standard InChI is InChI=1S/C26H28N4OS.C2H6/c1-7-9-19-14-21(16-27-15-19)26-28-17-24(32-26)25(29-18(3)30(4)5)23(8-2)20-10-12-22(31-6)13-11-20;1-2/h8,10-17,23,25,29H,2-3H2,1,4-6H3;1-2H3. The molecule has 1 N–H and O–H groups in total. The van der Waals surface area contributed by atoms with Crippen molar-refractivity contribution in [1.82, 2.24) is 20.2 Å². The van der Waals surface area contributed by atoms with Gasteiger partial charge in [0.05, 0.1) is 19.0 Å². The zero-order valence-corrected chi connectivity index (χ0v) is 21.7. The van der Waals surface area contributed by atoms with Crippen molar-refractivity contribution < 1.29 is 4.74 Å². The number of aromatic nitrogens is 2. The molecule has 0 bridgehead atoms. The Kier molecular flexibility index (Phi) is 10.4. The molecule has 2 atom stereocenters. The van der Waals surface area contributed by atoms with E-state index >= 15 is 0 Å². The smallest absolute Gasteiger partial charge is 0.125 e. The summed E-state index contributed by atoms with van der Waals surface area (Å²) in [5.41, 5.74) is 2.95. The summed E-state index contributed by atoms with van der Waals surface area (Å²) >= 11 is 1.63. The van der Waals surface area contributed by atoms with Gasteiger partial charge in [0, 0.05) is 54.6 Å². The third-order valence-corrected chi connectivity index (χ3v) is 6.19. The fourth-order valence-electron chi connectivity index (χ4n) is 3.27. The summed E-state index contributed by atoms with van der Waals surface area (Å²) < 4.78 is 5.32. The predicted molar refractivity (Wildman–Crippen MR) is 144 cm³/mol. The maximum atomic E-state index is 5.32. The Hall–Kier alpha value is -3.56. The summed E-state index contributed by atoms with van der Waals surface area (Å²) in [5.74, 6) is 7.61. The molecule has 178 valence electrons. The summed E-state index contributed by atoms with van der Waals surface area (Å²) in [7, 11) is 5.60. The SMILES string of the molecule is C=CC(c1ccc(OC)cc1)C(NC(=C)N(C)C)c1cnc(-c2cncc(C#CC)c2)s1.CC. The second kappa shape index (κ2) is 13.2. The van der Waals surface area contributed by atoms with Gasteiger partial charge in [0.25, 0.3) is 0 Å². The van der Waals surface area contributed by atoms with Crippen molar-refractivity contribution >= 4 is 11.3 Å². The minimum atomic E-state index is -0.0892. The minimum absolute atomic E-state index is 0.00123. The molecule has 2 heterocycles. The van der Waals surface area contributed by atoms with Crippen molar-refractivity contribution in [2.75, 3.05) is 21.2 Å². The van der Waals surface area contributed by atoms with E-state index in [4.69, 9.17) is 9.72 Å². The van der Waals surface area contributed by atoms with Gasteiger partial charge in [-0.05, 0) is 30.7 Å². The number of benzene rings is 1. The Bertz CT molecular complexity index is 1140. The number of pyridine rings is 1. The van der Waals surface area contributed by atoms with Crippen LogP contribution in [0, 0.1) is 11.8 Å². The highest BCUT2D eigenvalue weighted by atomic mass is 32.1. The zero-order chi connectivity index (χ0) is 25.1. The van der Waals surface area contributed by atoms with Crippen LogP contribution in [-0.4, -0.2) is 36.1 Å². The summed E-state index contributed by atoms with van der Waals surface area (Å²) in [4.78, 5) is 12.0. The normalized spacial score (nSPS) is 11.6. The molecule has 3 rings (SSSR count). The molecule has 0 spiro atoms. The van der Waals surface area contributed by atoms with Crippen LogP contribution in [0.2, 0.25) is 0 Å². The van der Waals surface area contributed by atoms with Crippen molar-refractivity contribution in [2.45, 2.75) is 32.7 Å². The molecule has 0 saturated carbocycles. The van der Waals surface area contributed by atoms with Crippen LogP contribution in [-0.2, 0) is 0 Å². The molecule has 0 radical (unpaired) electrons. The van der Waals surface area contributed by atoms with E-state index in [0.29, 0.717) is 0 Å². The molecule has 2 unspecified atom stereocenters. The number of ether oxygens (including phenoxy) is 1. The number of hydrogen-bond donors (Lipinski definition) is 1. The van der Waals surface area contributed by atoms with E-state index in [2.05, 4.69) is 47.4 Å². The van der Waals surface area contributed by atoms with Crippen molar-refractivity contribution in [1.29, 1.82) is 0 Å². The van der Waals surface area contributed by atoms with E-state index in [1.54, 1.807) is 24.6 Å². The van der Waals surface area contributed by atoms with Gasteiger partial charge in [0.15, 0.2) is 0 Å². The Labute approximate surface area is 208 Å². The molecule has 3 aromatic rings. The van der Waals surface area contributed by atoms with Crippen molar-refractivity contribution in [3.8, 4) is 28.2 Å². The Morgan fingerprint density at radius 3 is 2.47 bits per heavy atom. The molecule has 0 amide bonds.